The van der Waals surface area contributed by atoms with Gasteiger partial charge in [-0.15, -0.1) is 0 Å². The molecule has 0 amide bonds. The van der Waals surface area contributed by atoms with Gasteiger partial charge in [-0.1, -0.05) is 13.3 Å². The normalized spacial score (nSPS) is 12.0. The highest BCUT2D eigenvalue weighted by Crippen LogP contribution is 2.27. The van der Waals surface area contributed by atoms with Gasteiger partial charge in [0, 0.05) is 23.2 Å². The molecular weight excluding hydrogens is 332 g/mol. The van der Waals surface area contributed by atoms with Gasteiger partial charge in [-0.25, -0.2) is 8.42 Å². The number of anilines is 1. The van der Waals surface area contributed by atoms with E-state index in [9.17, 15) is 8.42 Å². The Morgan fingerprint density at radius 3 is 2.63 bits per heavy atom. The van der Waals surface area contributed by atoms with Crippen molar-refractivity contribution in [2.45, 2.75) is 24.7 Å². The number of benzene rings is 1. The van der Waals surface area contributed by atoms with Crippen LogP contribution >= 0.6 is 15.9 Å². The maximum atomic E-state index is 12.5. The van der Waals surface area contributed by atoms with Gasteiger partial charge in [0.15, 0.2) is 0 Å². The van der Waals surface area contributed by atoms with Crippen LogP contribution in [-0.4, -0.2) is 37.5 Å². The molecule has 1 aromatic rings. The molecule has 0 saturated heterocycles. The summed E-state index contributed by atoms with van der Waals surface area (Å²) >= 11 is 3.23. The highest BCUT2D eigenvalue weighted by molar-refractivity contribution is 9.10. The maximum Gasteiger partial charge on any atom is 0.244 e. The predicted molar refractivity (Wildman–Crippen MR) is 79.3 cm³/mol. The van der Waals surface area contributed by atoms with Gasteiger partial charge in [0.1, 0.15) is 0 Å². The molecule has 19 heavy (non-hydrogen) atoms. The second kappa shape index (κ2) is 7.23. The summed E-state index contributed by atoms with van der Waals surface area (Å²) in [5.74, 6) is 0. The fraction of sp³-hybridized carbons (Fsp3) is 0.500. The fourth-order valence-corrected chi connectivity index (χ4v) is 4.08. The van der Waals surface area contributed by atoms with Crippen LogP contribution in [-0.2, 0) is 10.0 Å². The van der Waals surface area contributed by atoms with Crippen LogP contribution in [0.5, 0.6) is 0 Å². The minimum Gasteiger partial charge on any atom is -0.399 e. The van der Waals surface area contributed by atoms with Gasteiger partial charge in [0.2, 0.25) is 10.0 Å². The molecule has 0 aromatic heterocycles. The van der Waals surface area contributed by atoms with Crippen LogP contribution in [0, 0.1) is 0 Å². The number of sulfonamides is 1. The van der Waals surface area contributed by atoms with Crippen LogP contribution in [0.3, 0.4) is 0 Å². The summed E-state index contributed by atoms with van der Waals surface area (Å²) in [7, 11) is -3.64. The lowest BCUT2D eigenvalue weighted by Crippen LogP contribution is -2.34. The van der Waals surface area contributed by atoms with E-state index in [0.717, 1.165) is 12.8 Å². The lowest BCUT2D eigenvalue weighted by atomic mass is 10.3. The summed E-state index contributed by atoms with van der Waals surface area (Å²) in [5, 5.41) is 9.03. The Hall–Kier alpha value is -0.630. The van der Waals surface area contributed by atoms with E-state index in [0.29, 0.717) is 16.7 Å². The number of nitrogens with zero attached hydrogens (tertiary/aromatic N) is 1. The summed E-state index contributed by atoms with van der Waals surface area (Å²) in [6, 6.07) is 4.67. The predicted octanol–water partition coefficient (Wildman–Crippen LogP) is 1.81. The zero-order chi connectivity index (χ0) is 14.5. The minimum absolute atomic E-state index is 0.0869. The van der Waals surface area contributed by atoms with Crippen molar-refractivity contribution in [3.8, 4) is 0 Å². The van der Waals surface area contributed by atoms with Gasteiger partial charge in [-0.05, 0) is 40.5 Å². The van der Waals surface area contributed by atoms with E-state index < -0.39 is 10.0 Å². The van der Waals surface area contributed by atoms with E-state index in [-0.39, 0.29) is 18.0 Å². The Labute approximate surface area is 122 Å². The van der Waals surface area contributed by atoms with Crippen LogP contribution in [0.25, 0.3) is 0 Å². The summed E-state index contributed by atoms with van der Waals surface area (Å²) in [5.41, 5.74) is 6.04. The molecule has 0 aliphatic rings. The molecular formula is C12H19BrN2O3S. The van der Waals surface area contributed by atoms with E-state index in [1.165, 1.54) is 10.4 Å². The second-order valence-electron chi connectivity index (χ2n) is 4.17. The first kappa shape index (κ1) is 16.4. The Balaban J connectivity index is 3.14. The number of unbranched alkanes of at least 4 members (excludes halogenated alkanes) is 1. The number of aliphatic hydroxyl groups excluding tert-OH is 1. The summed E-state index contributed by atoms with van der Waals surface area (Å²) < 4.78 is 26.8. The molecule has 1 rings (SSSR count). The SMILES string of the molecule is CCCCN(CCO)S(=O)(=O)c1cc(N)ccc1Br. The number of hydrogen-bond acceptors (Lipinski definition) is 4. The smallest absolute Gasteiger partial charge is 0.244 e. The van der Waals surface area contributed by atoms with Crippen molar-refractivity contribution in [1.82, 2.24) is 4.31 Å². The number of hydrogen-bond donors (Lipinski definition) is 2. The van der Waals surface area contributed by atoms with Crippen molar-refractivity contribution >= 4 is 31.6 Å². The van der Waals surface area contributed by atoms with Crippen molar-refractivity contribution in [3.05, 3.63) is 22.7 Å². The number of nitrogens with two attached hydrogens (primary N) is 1. The first-order valence-electron chi connectivity index (χ1n) is 6.09. The van der Waals surface area contributed by atoms with E-state index >= 15 is 0 Å². The molecule has 0 aliphatic heterocycles. The third-order valence-electron chi connectivity index (χ3n) is 2.68. The van der Waals surface area contributed by atoms with E-state index in [2.05, 4.69) is 15.9 Å². The average molecular weight is 351 g/mol. The topological polar surface area (TPSA) is 83.6 Å². The van der Waals surface area contributed by atoms with Gasteiger partial charge < -0.3 is 10.8 Å². The lowest BCUT2D eigenvalue weighted by molar-refractivity contribution is 0.252. The van der Waals surface area contributed by atoms with Crippen molar-refractivity contribution in [3.63, 3.8) is 0 Å². The van der Waals surface area contributed by atoms with Crippen molar-refractivity contribution < 1.29 is 13.5 Å². The molecule has 0 aliphatic carbocycles. The van der Waals surface area contributed by atoms with E-state index in [4.69, 9.17) is 10.8 Å². The molecule has 7 heteroatoms. The largest absolute Gasteiger partial charge is 0.399 e. The third kappa shape index (κ3) is 4.17. The lowest BCUT2D eigenvalue weighted by Gasteiger charge is -2.22. The van der Waals surface area contributed by atoms with Crippen LogP contribution < -0.4 is 5.73 Å². The first-order chi connectivity index (χ1) is 8.93. The number of aliphatic hydroxyl groups is 1. The van der Waals surface area contributed by atoms with Gasteiger partial charge >= 0.3 is 0 Å². The maximum absolute atomic E-state index is 12.5. The molecule has 0 atom stereocenters. The van der Waals surface area contributed by atoms with Crippen molar-refractivity contribution in [1.29, 1.82) is 0 Å². The molecule has 1 aromatic carbocycles. The van der Waals surface area contributed by atoms with Crippen LogP contribution in [0.1, 0.15) is 19.8 Å². The van der Waals surface area contributed by atoms with Gasteiger partial charge in [0.05, 0.1) is 11.5 Å². The molecule has 108 valence electrons. The summed E-state index contributed by atoms with van der Waals surface area (Å²) in [6.07, 6.45) is 1.63. The summed E-state index contributed by atoms with van der Waals surface area (Å²) in [6.45, 7) is 2.26. The molecule has 0 heterocycles. The van der Waals surface area contributed by atoms with Gasteiger partial charge in [-0.3, -0.25) is 0 Å². The second-order valence-corrected chi connectivity index (χ2v) is 6.93. The Morgan fingerprint density at radius 2 is 2.05 bits per heavy atom. The molecule has 0 spiro atoms. The quantitative estimate of drug-likeness (QED) is 0.734. The number of nitrogen functional groups attached to an aromatic ring is 1. The Morgan fingerprint density at radius 1 is 1.37 bits per heavy atom. The monoisotopic (exact) mass is 350 g/mol. The molecule has 3 N–H and O–H groups in total. The van der Waals surface area contributed by atoms with Crippen LogP contribution in [0.2, 0.25) is 0 Å². The molecule has 0 bridgehead atoms. The summed E-state index contributed by atoms with van der Waals surface area (Å²) in [4.78, 5) is 0.136. The number of rotatable bonds is 7. The molecule has 0 unspecified atom stereocenters. The van der Waals surface area contributed by atoms with Crippen LogP contribution in [0.4, 0.5) is 5.69 Å². The van der Waals surface area contributed by atoms with E-state index in [1.807, 2.05) is 6.92 Å². The van der Waals surface area contributed by atoms with Crippen molar-refractivity contribution in [2.75, 3.05) is 25.4 Å². The molecule has 0 radical (unpaired) electrons. The first-order valence-corrected chi connectivity index (χ1v) is 8.32. The van der Waals surface area contributed by atoms with Gasteiger partial charge in [-0.2, -0.15) is 4.31 Å². The number of halogens is 1. The fourth-order valence-electron chi connectivity index (χ4n) is 1.65. The highest BCUT2D eigenvalue weighted by atomic mass is 79.9. The highest BCUT2D eigenvalue weighted by Gasteiger charge is 2.25. The standard InChI is InChI=1S/C12H19BrN2O3S/c1-2-3-6-15(7-8-16)19(17,18)12-9-10(14)4-5-11(12)13/h4-5,9,16H,2-3,6-8,14H2,1H3. The van der Waals surface area contributed by atoms with Gasteiger partial charge in [0.25, 0.3) is 0 Å². The third-order valence-corrected chi connectivity index (χ3v) is 5.58. The Kier molecular flexibility index (Phi) is 6.25. The Bertz CT molecular complexity index is 520. The zero-order valence-electron chi connectivity index (χ0n) is 10.8. The van der Waals surface area contributed by atoms with Crippen molar-refractivity contribution in [2.24, 2.45) is 0 Å². The van der Waals surface area contributed by atoms with Crippen LogP contribution in [0.15, 0.2) is 27.6 Å². The minimum atomic E-state index is -3.64. The molecule has 5 nitrogen and oxygen atoms in total. The zero-order valence-corrected chi connectivity index (χ0v) is 13.2. The molecule has 0 saturated carbocycles. The average Bonchev–Trinajstić information content (AvgIpc) is 2.37. The molecule has 0 fully saturated rings. The van der Waals surface area contributed by atoms with E-state index in [1.54, 1.807) is 12.1 Å².